The molecule has 0 aliphatic heterocycles. The van der Waals surface area contributed by atoms with Gasteiger partial charge in [0.2, 0.25) is 0 Å². The van der Waals surface area contributed by atoms with Crippen molar-refractivity contribution in [1.82, 2.24) is 15.8 Å². The molecule has 2 amide bonds. The van der Waals surface area contributed by atoms with Crippen molar-refractivity contribution < 1.29 is 18.8 Å². The Morgan fingerprint density at radius 2 is 1.95 bits per heavy atom. The Morgan fingerprint density at radius 3 is 2.50 bits per heavy atom. The number of carbonyl (C=O) groups excluding carboxylic acids is 2. The number of ether oxygens (including phenoxy) is 1. The smallest absolute Gasteiger partial charge is 0.343 e. The molecule has 1 aromatic heterocycles. The number of aromatic nitrogens is 1. The van der Waals surface area contributed by atoms with Crippen LogP contribution in [0.5, 0.6) is 0 Å². The molecule has 1 saturated carbocycles. The van der Waals surface area contributed by atoms with E-state index in [0.29, 0.717) is 23.6 Å². The molecule has 1 aromatic rings. The summed E-state index contributed by atoms with van der Waals surface area (Å²) >= 11 is 0. The minimum atomic E-state index is -0.378. The first-order valence-electron chi connectivity index (χ1n) is 7.69. The Labute approximate surface area is 129 Å². The number of carbonyl (C=O) groups is 2. The lowest BCUT2D eigenvalue weighted by Crippen LogP contribution is -2.44. The van der Waals surface area contributed by atoms with E-state index in [1.165, 1.54) is 0 Å². The van der Waals surface area contributed by atoms with Gasteiger partial charge in [-0.1, -0.05) is 5.16 Å². The average Bonchev–Trinajstić information content (AvgIpc) is 2.80. The van der Waals surface area contributed by atoms with E-state index in [-0.39, 0.29) is 24.1 Å². The van der Waals surface area contributed by atoms with Gasteiger partial charge in [0.05, 0.1) is 5.69 Å². The highest BCUT2D eigenvalue weighted by molar-refractivity contribution is 5.91. The molecule has 0 spiro atoms. The van der Waals surface area contributed by atoms with Gasteiger partial charge >= 0.3 is 12.0 Å². The van der Waals surface area contributed by atoms with Gasteiger partial charge in [0.25, 0.3) is 0 Å². The summed E-state index contributed by atoms with van der Waals surface area (Å²) in [6.45, 7) is 5.91. The van der Waals surface area contributed by atoms with E-state index >= 15 is 0 Å². The standard InChI is InChI=1S/C15H23N3O4/c1-4-16-15(20)17-11-5-7-12(8-6-11)21-14(19)13-9(2)18-22-10(13)3/h11-12H,4-8H2,1-3H3,(H2,16,17,20). The van der Waals surface area contributed by atoms with Gasteiger partial charge in [0, 0.05) is 12.6 Å². The predicted molar refractivity (Wildman–Crippen MR) is 79.6 cm³/mol. The van der Waals surface area contributed by atoms with Crippen molar-refractivity contribution in [1.29, 1.82) is 0 Å². The molecule has 0 aromatic carbocycles. The van der Waals surface area contributed by atoms with Gasteiger partial charge in [-0.2, -0.15) is 0 Å². The highest BCUT2D eigenvalue weighted by Crippen LogP contribution is 2.23. The Bertz CT molecular complexity index is 513. The van der Waals surface area contributed by atoms with Gasteiger partial charge in [-0.15, -0.1) is 0 Å². The first-order chi connectivity index (χ1) is 10.5. The molecule has 0 unspecified atom stereocenters. The van der Waals surface area contributed by atoms with E-state index in [1.54, 1.807) is 13.8 Å². The van der Waals surface area contributed by atoms with Crippen LogP contribution in [0, 0.1) is 13.8 Å². The van der Waals surface area contributed by atoms with E-state index in [0.717, 1.165) is 25.7 Å². The fourth-order valence-electron chi connectivity index (χ4n) is 2.71. The zero-order chi connectivity index (χ0) is 16.1. The van der Waals surface area contributed by atoms with Crippen LogP contribution in [0.15, 0.2) is 4.52 Å². The highest BCUT2D eigenvalue weighted by Gasteiger charge is 2.27. The summed E-state index contributed by atoms with van der Waals surface area (Å²) in [7, 11) is 0. The second-order valence-corrected chi connectivity index (χ2v) is 5.58. The highest BCUT2D eigenvalue weighted by atomic mass is 16.5. The Morgan fingerprint density at radius 1 is 1.27 bits per heavy atom. The molecule has 7 nitrogen and oxygen atoms in total. The van der Waals surface area contributed by atoms with Gasteiger partial charge in [-0.3, -0.25) is 0 Å². The van der Waals surface area contributed by atoms with E-state index < -0.39 is 0 Å². The van der Waals surface area contributed by atoms with Crippen LogP contribution in [0.3, 0.4) is 0 Å². The maximum atomic E-state index is 12.2. The summed E-state index contributed by atoms with van der Waals surface area (Å²) in [6.07, 6.45) is 2.97. The molecule has 0 bridgehead atoms. The molecule has 0 radical (unpaired) electrons. The number of aryl methyl sites for hydroxylation is 2. The summed E-state index contributed by atoms with van der Waals surface area (Å²) in [5, 5.41) is 9.40. The zero-order valence-corrected chi connectivity index (χ0v) is 13.3. The Balaban J connectivity index is 1.80. The molecule has 7 heteroatoms. The van der Waals surface area contributed by atoms with Crippen LogP contribution in [0.1, 0.15) is 54.4 Å². The normalized spacial score (nSPS) is 21.2. The summed E-state index contributed by atoms with van der Waals surface area (Å²) in [5.41, 5.74) is 0.969. The lowest BCUT2D eigenvalue weighted by atomic mass is 9.93. The van der Waals surface area contributed by atoms with Crippen molar-refractivity contribution >= 4 is 12.0 Å². The van der Waals surface area contributed by atoms with Crippen molar-refractivity contribution in [3.05, 3.63) is 17.0 Å². The van der Waals surface area contributed by atoms with Crippen molar-refractivity contribution in [3.63, 3.8) is 0 Å². The summed E-state index contributed by atoms with van der Waals surface area (Å²) < 4.78 is 10.5. The number of amides is 2. The number of nitrogens with one attached hydrogen (secondary N) is 2. The number of nitrogens with zero attached hydrogens (tertiary/aromatic N) is 1. The van der Waals surface area contributed by atoms with Crippen LogP contribution in [0.25, 0.3) is 0 Å². The van der Waals surface area contributed by atoms with Crippen molar-refractivity contribution in [3.8, 4) is 0 Å². The van der Waals surface area contributed by atoms with E-state index in [2.05, 4.69) is 15.8 Å². The lowest BCUT2D eigenvalue weighted by molar-refractivity contribution is 0.0186. The largest absolute Gasteiger partial charge is 0.459 e. The van der Waals surface area contributed by atoms with E-state index in [1.807, 2.05) is 6.92 Å². The van der Waals surface area contributed by atoms with Gasteiger partial charge in [0.15, 0.2) is 0 Å². The molecule has 22 heavy (non-hydrogen) atoms. The predicted octanol–water partition coefficient (Wildman–Crippen LogP) is 2.08. The molecular formula is C15H23N3O4. The molecule has 0 saturated heterocycles. The van der Waals surface area contributed by atoms with Crippen LogP contribution in [0.2, 0.25) is 0 Å². The topological polar surface area (TPSA) is 93.5 Å². The maximum Gasteiger partial charge on any atom is 0.343 e. The van der Waals surface area contributed by atoms with E-state index in [4.69, 9.17) is 9.26 Å². The van der Waals surface area contributed by atoms with Crippen molar-refractivity contribution in [2.24, 2.45) is 0 Å². The van der Waals surface area contributed by atoms with E-state index in [9.17, 15) is 9.59 Å². The molecule has 1 heterocycles. The molecule has 1 aliphatic carbocycles. The van der Waals surface area contributed by atoms with Gasteiger partial charge < -0.3 is 19.9 Å². The number of hydrogen-bond donors (Lipinski definition) is 2. The second-order valence-electron chi connectivity index (χ2n) is 5.58. The third-order valence-electron chi connectivity index (χ3n) is 3.86. The van der Waals surface area contributed by atoms with Crippen molar-refractivity contribution in [2.45, 2.75) is 58.6 Å². The third-order valence-corrected chi connectivity index (χ3v) is 3.86. The SMILES string of the molecule is CCNC(=O)NC1CCC(OC(=O)c2c(C)noc2C)CC1. The molecule has 122 valence electrons. The van der Waals surface area contributed by atoms with Gasteiger partial charge in [0.1, 0.15) is 17.4 Å². The third kappa shape index (κ3) is 3.99. The monoisotopic (exact) mass is 309 g/mol. The number of esters is 1. The second kappa shape index (κ2) is 7.29. The fourth-order valence-corrected chi connectivity index (χ4v) is 2.71. The van der Waals surface area contributed by atoms with Crippen LogP contribution in [-0.4, -0.2) is 35.8 Å². The van der Waals surface area contributed by atoms with Gasteiger partial charge in [-0.25, -0.2) is 9.59 Å². The minimum Gasteiger partial charge on any atom is -0.459 e. The first kappa shape index (κ1) is 16.3. The summed E-state index contributed by atoms with van der Waals surface area (Å²) in [5.74, 6) is 0.102. The number of urea groups is 1. The molecule has 2 rings (SSSR count). The Kier molecular flexibility index (Phi) is 5.41. The van der Waals surface area contributed by atoms with Crippen LogP contribution in [-0.2, 0) is 4.74 Å². The lowest BCUT2D eigenvalue weighted by Gasteiger charge is -2.28. The number of rotatable bonds is 4. The summed E-state index contributed by atoms with van der Waals surface area (Å²) in [6, 6.07) is -0.000711. The first-order valence-corrected chi connectivity index (χ1v) is 7.69. The molecule has 2 N–H and O–H groups in total. The zero-order valence-electron chi connectivity index (χ0n) is 13.3. The number of hydrogen-bond acceptors (Lipinski definition) is 5. The molecule has 1 aliphatic rings. The van der Waals surface area contributed by atoms with Crippen LogP contribution >= 0.6 is 0 Å². The van der Waals surface area contributed by atoms with Crippen LogP contribution in [0.4, 0.5) is 4.79 Å². The quantitative estimate of drug-likeness (QED) is 0.831. The molecule has 0 atom stereocenters. The fraction of sp³-hybridized carbons (Fsp3) is 0.667. The van der Waals surface area contributed by atoms with Crippen molar-refractivity contribution in [2.75, 3.05) is 6.54 Å². The summed E-state index contributed by atoms with van der Waals surface area (Å²) in [4.78, 5) is 23.6. The maximum absolute atomic E-state index is 12.2. The van der Waals surface area contributed by atoms with Crippen LogP contribution < -0.4 is 10.6 Å². The van der Waals surface area contributed by atoms with Gasteiger partial charge in [-0.05, 0) is 46.5 Å². The molecular weight excluding hydrogens is 286 g/mol. The average molecular weight is 309 g/mol. The minimum absolute atomic E-state index is 0.117. The molecule has 1 fully saturated rings. The Hall–Kier alpha value is -2.05.